The lowest BCUT2D eigenvalue weighted by Crippen LogP contribution is -2.44. The Kier molecular flexibility index (Phi) is 5.75. The Morgan fingerprint density at radius 2 is 1.66 bits per heavy atom. The van der Waals surface area contributed by atoms with Crippen LogP contribution in [0.1, 0.15) is 45.1 Å². The summed E-state index contributed by atoms with van der Waals surface area (Å²) in [6.07, 6.45) is -1.53. The Labute approximate surface area is 185 Å². The van der Waals surface area contributed by atoms with Gasteiger partial charge in [-0.1, -0.05) is 39.0 Å². The summed E-state index contributed by atoms with van der Waals surface area (Å²) in [5.41, 5.74) is 5.62. The number of benzene rings is 1. The molecule has 0 bridgehead atoms. The number of hydrogen-bond acceptors (Lipinski definition) is 5. The average Bonchev–Trinajstić information content (AvgIpc) is 2.72. The van der Waals surface area contributed by atoms with E-state index in [4.69, 9.17) is 5.73 Å². The van der Waals surface area contributed by atoms with Crippen molar-refractivity contribution in [3.63, 3.8) is 0 Å². The van der Waals surface area contributed by atoms with Gasteiger partial charge in [-0.15, -0.1) is 13.2 Å². The summed E-state index contributed by atoms with van der Waals surface area (Å²) in [7, 11) is 0. The SMILES string of the molecule is CC(C)(C)C1CC=C2C(C#N)=C(N)C(C#N)(C#N)[C@H](c3ccc(OC(F)(F)F)cc3)[C@H]2C1. The van der Waals surface area contributed by atoms with Crippen LogP contribution in [-0.4, -0.2) is 6.36 Å². The third kappa shape index (κ3) is 3.92. The molecule has 3 rings (SSSR count). The van der Waals surface area contributed by atoms with Crippen LogP contribution in [0.3, 0.4) is 0 Å². The molecule has 0 aliphatic heterocycles. The first kappa shape index (κ1) is 23.2. The highest BCUT2D eigenvalue weighted by Crippen LogP contribution is 2.58. The molecule has 2 aliphatic rings. The van der Waals surface area contributed by atoms with Crippen LogP contribution in [0.5, 0.6) is 5.75 Å². The summed E-state index contributed by atoms with van der Waals surface area (Å²) in [5.74, 6) is -1.28. The van der Waals surface area contributed by atoms with Crippen LogP contribution >= 0.6 is 0 Å². The van der Waals surface area contributed by atoms with E-state index < -0.39 is 23.4 Å². The zero-order chi connectivity index (χ0) is 23.9. The smallest absolute Gasteiger partial charge is 0.406 e. The molecular formula is C24H23F3N4O. The van der Waals surface area contributed by atoms with Crippen LogP contribution in [0.25, 0.3) is 0 Å². The minimum absolute atomic E-state index is 0.0571. The summed E-state index contributed by atoms with van der Waals surface area (Å²) in [5, 5.41) is 30.0. The lowest BCUT2D eigenvalue weighted by molar-refractivity contribution is -0.274. The van der Waals surface area contributed by atoms with Crippen molar-refractivity contribution in [2.75, 3.05) is 0 Å². The van der Waals surface area contributed by atoms with Crippen molar-refractivity contribution >= 4 is 0 Å². The van der Waals surface area contributed by atoms with Crippen LogP contribution in [0.15, 0.2) is 47.2 Å². The van der Waals surface area contributed by atoms with Crippen molar-refractivity contribution in [1.29, 1.82) is 15.8 Å². The van der Waals surface area contributed by atoms with Gasteiger partial charge in [0, 0.05) is 5.92 Å². The van der Waals surface area contributed by atoms with Gasteiger partial charge in [-0.3, -0.25) is 0 Å². The molecule has 2 N–H and O–H groups in total. The highest BCUT2D eigenvalue weighted by Gasteiger charge is 2.55. The molecular weight excluding hydrogens is 417 g/mol. The molecule has 32 heavy (non-hydrogen) atoms. The molecule has 1 aromatic carbocycles. The Hall–Kier alpha value is -3.44. The molecule has 0 fully saturated rings. The third-order valence-corrected chi connectivity index (χ3v) is 6.57. The molecule has 166 valence electrons. The molecule has 0 aromatic heterocycles. The highest BCUT2D eigenvalue weighted by atomic mass is 19.4. The number of rotatable bonds is 2. The first-order valence-electron chi connectivity index (χ1n) is 10.2. The molecule has 0 amide bonds. The van der Waals surface area contributed by atoms with Gasteiger partial charge in [0.05, 0.1) is 23.4 Å². The monoisotopic (exact) mass is 440 g/mol. The van der Waals surface area contributed by atoms with Gasteiger partial charge in [-0.2, -0.15) is 15.8 Å². The number of nitrogens with two attached hydrogens (primary N) is 1. The number of halogens is 3. The van der Waals surface area contributed by atoms with E-state index in [9.17, 15) is 29.0 Å². The van der Waals surface area contributed by atoms with Crippen molar-refractivity contribution in [2.45, 2.75) is 45.9 Å². The largest absolute Gasteiger partial charge is 0.573 e. The third-order valence-electron chi connectivity index (χ3n) is 6.57. The first-order valence-corrected chi connectivity index (χ1v) is 10.2. The second kappa shape index (κ2) is 7.92. The lowest BCUT2D eigenvalue weighted by atomic mass is 9.54. The maximum atomic E-state index is 12.6. The molecule has 1 unspecified atom stereocenters. The zero-order valence-corrected chi connectivity index (χ0v) is 18.0. The fourth-order valence-electron chi connectivity index (χ4n) is 4.85. The fraction of sp³-hybridized carbons (Fsp3) is 0.458. The number of ether oxygens (including phenoxy) is 1. The second-order valence-corrected chi connectivity index (χ2v) is 9.33. The van der Waals surface area contributed by atoms with Crippen molar-refractivity contribution in [2.24, 2.45) is 28.4 Å². The van der Waals surface area contributed by atoms with Crippen molar-refractivity contribution in [1.82, 2.24) is 0 Å². The van der Waals surface area contributed by atoms with Crippen LogP contribution < -0.4 is 10.5 Å². The molecule has 0 spiro atoms. The number of nitriles is 3. The maximum Gasteiger partial charge on any atom is 0.573 e. The minimum atomic E-state index is -4.83. The summed E-state index contributed by atoms with van der Waals surface area (Å²) in [4.78, 5) is 0. The molecule has 0 saturated carbocycles. The van der Waals surface area contributed by atoms with Crippen LogP contribution in [0.4, 0.5) is 13.2 Å². The molecule has 2 aliphatic carbocycles. The van der Waals surface area contributed by atoms with Gasteiger partial charge in [0.1, 0.15) is 11.8 Å². The number of fused-ring (bicyclic) bond motifs is 1. The molecule has 3 atom stereocenters. The van der Waals surface area contributed by atoms with Crippen LogP contribution in [0.2, 0.25) is 0 Å². The van der Waals surface area contributed by atoms with E-state index in [2.05, 4.69) is 31.6 Å². The topological polar surface area (TPSA) is 107 Å². The number of allylic oxidation sites excluding steroid dienone is 4. The molecule has 8 heteroatoms. The summed E-state index contributed by atoms with van der Waals surface area (Å²) >= 11 is 0. The van der Waals surface area contributed by atoms with Gasteiger partial charge in [-0.05, 0) is 53.4 Å². The van der Waals surface area contributed by atoms with Gasteiger partial charge < -0.3 is 10.5 Å². The van der Waals surface area contributed by atoms with Gasteiger partial charge in [0.15, 0.2) is 5.41 Å². The summed E-state index contributed by atoms with van der Waals surface area (Å²) < 4.78 is 41.7. The van der Waals surface area contributed by atoms with E-state index in [1.165, 1.54) is 12.1 Å². The molecule has 5 nitrogen and oxygen atoms in total. The fourth-order valence-corrected chi connectivity index (χ4v) is 4.85. The standard InChI is InChI=1S/C24H23F3N4O/c1-22(2,3)15-6-9-17-18(10-15)20(23(12-29,13-30)21(31)19(17)11-28)14-4-7-16(8-5-14)32-24(25,26)27/h4-5,7-9,15,18,20H,6,10,31H2,1-3H3/t15?,18-,20+/m0/s1. The van der Waals surface area contributed by atoms with Gasteiger partial charge in [0.25, 0.3) is 0 Å². The maximum absolute atomic E-state index is 12.6. The van der Waals surface area contributed by atoms with E-state index in [-0.39, 0.29) is 28.5 Å². The Morgan fingerprint density at radius 3 is 2.12 bits per heavy atom. The predicted molar refractivity (Wildman–Crippen MR) is 110 cm³/mol. The number of nitrogens with zero attached hydrogens (tertiary/aromatic N) is 3. The van der Waals surface area contributed by atoms with E-state index in [0.717, 1.165) is 18.6 Å². The summed E-state index contributed by atoms with van der Waals surface area (Å²) in [6.45, 7) is 6.32. The zero-order valence-electron chi connectivity index (χ0n) is 18.0. The van der Waals surface area contributed by atoms with Crippen molar-refractivity contribution < 1.29 is 17.9 Å². The Bertz CT molecular complexity index is 1080. The highest BCUT2D eigenvalue weighted by molar-refractivity contribution is 5.59. The van der Waals surface area contributed by atoms with Gasteiger partial charge in [0.2, 0.25) is 0 Å². The van der Waals surface area contributed by atoms with E-state index in [1.807, 2.05) is 18.2 Å². The van der Waals surface area contributed by atoms with Crippen LogP contribution in [-0.2, 0) is 0 Å². The van der Waals surface area contributed by atoms with Gasteiger partial charge >= 0.3 is 6.36 Å². The van der Waals surface area contributed by atoms with E-state index in [1.54, 1.807) is 0 Å². The van der Waals surface area contributed by atoms with Crippen LogP contribution in [0, 0.1) is 56.7 Å². The van der Waals surface area contributed by atoms with Crippen molar-refractivity contribution in [3.05, 3.63) is 52.7 Å². The quantitative estimate of drug-likeness (QED) is 0.658. The predicted octanol–water partition coefficient (Wildman–Crippen LogP) is 5.45. The Morgan fingerprint density at radius 1 is 1.06 bits per heavy atom. The second-order valence-electron chi connectivity index (χ2n) is 9.33. The molecule has 1 aromatic rings. The van der Waals surface area contributed by atoms with Gasteiger partial charge in [-0.25, -0.2) is 0 Å². The number of hydrogen-bond donors (Lipinski definition) is 1. The lowest BCUT2D eigenvalue weighted by Gasteiger charge is -2.47. The Balaban J connectivity index is 2.19. The number of alkyl halides is 3. The molecule has 0 heterocycles. The molecule has 0 saturated heterocycles. The molecule has 0 radical (unpaired) electrons. The normalized spacial score (nSPS) is 25.0. The van der Waals surface area contributed by atoms with E-state index >= 15 is 0 Å². The summed E-state index contributed by atoms with van der Waals surface area (Å²) in [6, 6.07) is 11.3. The average molecular weight is 440 g/mol. The van der Waals surface area contributed by atoms with E-state index in [0.29, 0.717) is 17.6 Å². The first-order chi connectivity index (χ1) is 14.9. The minimum Gasteiger partial charge on any atom is -0.406 e. The van der Waals surface area contributed by atoms with Crippen molar-refractivity contribution in [3.8, 4) is 24.0 Å².